The highest BCUT2D eigenvalue weighted by molar-refractivity contribution is 7.07. The van der Waals surface area contributed by atoms with Crippen molar-refractivity contribution in [2.75, 3.05) is 19.6 Å². The van der Waals surface area contributed by atoms with Crippen molar-refractivity contribution in [3.05, 3.63) is 22.4 Å². The summed E-state index contributed by atoms with van der Waals surface area (Å²) in [6.45, 7) is 1.40. The van der Waals surface area contributed by atoms with E-state index in [2.05, 4.69) is 4.90 Å². The maximum absolute atomic E-state index is 12.6. The van der Waals surface area contributed by atoms with Crippen LogP contribution >= 0.6 is 11.3 Å². The van der Waals surface area contributed by atoms with E-state index in [9.17, 15) is 13.2 Å². The third-order valence-electron chi connectivity index (χ3n) is 3.58. The van der Waals surface area contributed by atoms with Crippen LogP contribution < -0.4 is 5.73 Å². The summed E-state index contributed by atoms with van der Waals surface area (Å²) in [4.78, 5) is 2.07. The first kappa shape index (κ1) is 13.8. The third-order valence-corrected chi connectivity index (χ3v) is 4.29. The second-order valence-electron chi connectivity index (χ2n) is 4.66. The zero-order chi connectivity index (χ0) is 13.2. The molecule has 1 saturated heterocycles. The number of thiophene rings is 1. The minimum Gasteiger partial charge on any atom is -0.329 e. The van der Waals surface area contributed by atoms with Crippen LogP contribution in [0.15, 0.2) is 16.8 Å². The first-order chi connectivity index (χ1) is 8.52. The Balaban J connectivity index is 1.96. The average molecular weight is 278 g/mol. The largest absolute Gasteiger partial charge is 0.391 e. The second-order valence-corrected chi connectivity index (χ2v) is 5.44. The molecule has 2 nitrogen and oxygen atoms in total. The molecule has 2 rings (SSSR count). The molecule has 0 spiro atoms. The summed E-state index contributed by atoms with van der Waals surface area (Å²) >= 11 is 1.59. The fraction of sp³-hybridized carbons (Fsp3) is 0.667. The molecule has 1 atom stereocenters. The SMILES string of the molecule is NCC(c1ccsc1)N1CCC(C(F)(F)F)CC1. The molecule has 0 aliphatic carbocycles. The average Bonchev–Trinajstić information content (AvgIpc) is 2.83. The van der Waals surface area contributed by atoms with Crippen molar-refractivity contribution in [2.45, 2.75) is 25.1 Å². The lowest BCUT2D eigenvalue weighted by Gasteiger charge is -2.37. The van der Waals surface area contributed by atoms with E-state index < -0.39 is 12.1 Å². The zero-order valence-electron chi connectivity index (χ0n) is 9.99. The van der Waals surface area contributed by atoms with Crippen LogP contribution in [0.1, 0.15) is 24.4 Å². The highest BCUT2D eigenvalue weighted by Gasteiger charge is 2.41. The fourth-order valence-electron chi connectivity index (χ4n) is 2.50. The molecule has 0 aromatic carbocycles. The zero-order valence-corrected chi connectivity index (χ0v) is 10.8. The molecular weight excluding hydrogens is 261 g/mol. The van der Waals surface area contributed by atoms with Gasteiger partial charge in [-0.3, -0.25) is 4.90 Å². The van der Waals surface area contributed by atoms with Gasteiger partial charge in [0.2, 0.25) is 0 Å². The first-order valence-electron chi connectivity index (χ1n) is 6.05. The van der Waals surface area contributed by atoms with Crippen molar-refractivity contribution in [2.24, 2.45) is 11.7 Å². The third kappa shape index (κ3) is 3.05. The van der Waals surface area contributed by atoms with E-state index in [0.29, 0.717) is 19.6 Å². The molecule has 1 aromatic heterocycles. The molecule has 2 N–H and O–H groups in total. The first-order valence-corrected chi connectivity index (χ1v) is 6.99. The number of nitrogens with zero attached hydrogens (tertiary/aromatic N) is 1. The normalized spacial score (nSPS) is 21.1. The van der Waals surface area contributed by atoms with E-state index in [1.807, 2.05) is 16.8 Å². The molecule has 1 aromatic rings. The van der Waals surface area contributed by atoms with Crippen molar-refractivity contribution >= 4 is 11.3 Å². The molecule has 1 aliphatic rings. The Morgan fingerprint density at radius 1 is 1.39 bits per heavy atom. The molecule has 1 aliphatic heterocycles. The summed E-state index contributed by atoms with van der Waals surface area (Å²) in [5.41, 5.74) is 6.87. The Morgan fingerprint density at radius 2 is 2.06 bits per heavy atom. The van der Waals surface area contributed by atoms with E-state index in [1.54, 1.807) is 11.3 Å². The topological polar surface area (TPSA) is 29.3 Å². The molecule has 102 valence electrons. The number of hydrogen-bond acceptors (Lipinski definition) is 3. The number of rotatable bonds is 3. The molecule has 1 unspecified atom stereocenters. The number of nitrogens with two attached hydrogens (primary N) is 1. The summed E-state index contributed by atoms with van der Waals surface area (Å²) in [5, 5.41) is 3.99. The van der Waals surface area contributed by atoms with E-state index in [1.165, 1.54) is 0 Å². The minimum atomic E-state index is -4.05. The van der Waals surface area contributed by atoms with E-state index in [0.717, 1.165) is 5.56 Å². The predicted molar refractivity (Wildman–Crippen MR) is 66.5 cm³/mol. The fourth-order valence-corrected chi connectivity index (χ4v) is 3.21. The van der Waals surface area contributed by atoms with Crippen LogP contribution in [0.4, 0.5) is 13.2 Å². The number of halogens is 3. The highest BCUT2D eigenvalue weighted by Crippen LogP contribution is 2.36. The number of alkyl halides is 3. The van der Waals surface area contributed by atoms with Crippen LogP contribution in [-0.4, -0.2) is 30.7 Å². The lowest BCUT2D eigenvalue weighted by molar-refractivity contribution is -0.186. The Labute approximate surface area is 109 Å². The van der Waals surface area contributed by atoms with Gasteiger partial charge in [0.1, 0.15) is 0 Å². The van der Waals surface area contributed by atoms with Crippen molar-refractivity contribution in [3.63, 3.8) is 0 Å². The van der Waals surface area contributed by atoms with Crippen molar-refractivity contribution in [1.29, 1.82) is 0 Å². The molecule has 6 heteroatoms. The van der Waals surface area contributed by atoms with Gasteiger partial charge in [0.05, 0.1) is 5.92 Å². The van der Waals surface area contributed by atoms with Crippen LogP contribution in [0.5, 0.6) is 0 Å². The van der Waals surface area contributed by atoms with E-state index in [4.69, 9.17) is 5.73 Å². The quantitative estimate of drug-likeness (QED) is 0.921. The van der Waals surface area contributed by atoms with Gasteiger partial charge in [-0.1, -0.05) is 0 Å². The van der Waals surface area contributed by atoms with Gasteiger partial charge in [0, 0.05) is 12.6 Å². The van der Waals surface area contributed by atoms with Gasteiger partial charge in [-0.2, -0.15) is 24.5 Å². The Bertz CT molecular complexity index is 356. The molecular formula is C12H17F3N2S. The van der Waals surface area contributed by atoms with Gasteiger partial charge in [-0.25, -0.2) is 0 Å². The monoisotopic (exact) mass is 278 g/mol. The second kappa shape index (κ2) is 5.59. The maximum atomic E-state index is 12.6. The number of piperidine rings is 1. The maximum Gasteiger partial charge on any atom is 0.391 e. The summed E-state index contributed by atoms with van der Waals surface area (Å²) < 4.78 is 37.7. The highest BCUT2D eigenvalue weighted by atomic mass is 32.1. The molecule has 2 heterocycles. The summed E-state index contributed by atoms with van der Waals surface area (Å²) in [6, 6.07) is 2.06. The number of likely N-dealkylation sites (tertiary alicyclic amines) is 1. The van der Waals surface area contributed by atoms with Gasteiger partial charge in [0.25, 0.3) is 0 Å². The summed E-state index contributed by atoms with van der Waals surface area (Å²) in [6.07, 6.45) is -3.68. The van der Waals surface area contributed by atoms with Gasteiger partial charge < -0.3 is 5.73 Å². The Hall–Kier alpha value is -0.590. The summed E-state index contributed by atoms with van der Waals surface area (Å²) in [5.74, 6) is -1.14. The lowest BCUT2D eigenvalue weighted by atomic mass is 9.94. The molecule has 0 radical (unpaired) electrons. The Kier molecular flexibility index (Phi) is 4.29. The van der Waals surface area contributed by atoms with E-state index in [-0.39, 0.29) is 18.9 Å². The molecule has 1 fully saturated rings. The molecule has 0 bridgehead atoms. The lowest BCUT2D eigenvalue weighted by Crippen LogP contribution is -2.42. The standard InChI is InChI=1S/C12H17F3N2S/c13-12(14,15)10-1-4-17(5-2-10)11(7-16)9-3-6-18-8-9/h3,6,8,10-11H,1-2,4-5,7,16H2. The van der Waals surface area contributed by atoms with E-state index >= 15 is 0 Å². The van der Waals surface area contributed by atoms with Crippen LogP contribution in [-0.2, 0) is 0 Å². The molecule has 18 heavy (non-hydrogen) atoms. The van der Waals surface area contributed by atoms with Gasteiger partial charge in [-0.05, 0) is 48.3 Å². The predicted octanol–water partition coefficient (Wildman–Crippen LogP) is 3.02. The number of hydrogen-bond donors (Lipinski definition) is 1. The Morgan fingerprint density at radius 3 is 2.50 bits per heavy atom. The van der Waals surface area contributed by atoms with Crippen LogP contribution in [0.25, 0.3) is 0 Å². The van der Waals surface area contributed by atoms with Gasteiger partial charge in [-0.15, -0.1) is 0 Å². The minimum absolute atomic E-state index is 0.0606. The smallest absolute Gasteiger partial charge is 0.329 e. The van der Waals surface area contributed by atoms with Gasteiger partial charge >= 0.3 is 6.18 Å². The van der Waals surface area contributed by atoms with Gasteiger partial charge in [0.15, 0.2) is 0 Å². The van der Waals surface area contributed by atoms with Crippen LogP contribution in [0.2, 0.25) is 0 Å². The summed E-state index contributed by atoms with van der Waals surface area (Å²) in [7, 11) is 0. The molecule has 0 saturated carbocycles. The van der Waals surface area contributed by atoms with Crippen LogP contribution in [0.3, 0.4) is 0 Å². The molecule has 0 amide bonds. The van der Waals surface area contributed by atoms with Crippen molar-refractivity contribution in [3.8, 4) is 0 Å². The van der Waals surface area contributed by atoms with Crippen molar-refractivity contribution < 1.29 is 13.2 Å². The van der Waals surface area contributed by atoms with Crippen molar-refractivity contribution in [1.82, 2.24) is 4.90 Å². The van der Waals surface area contributed by atoms with Crippen LogP contribution in [0, 0.1) is 5.92 Å².